The van der Waals surface area contributed by atoms with E-state index in [1.807, 2.05) is 60.9 Å². The minimum Gasteiger partial charge on any atom is -0.352 e. The molecule has 0 radical (unpaired) electrons. The zero-order valence-corrected chi connectivity index (χ0v) is 18.3. The Balaban J connectivity index is 1.55. The molecule has 1 amide bonds. The van der Waals surface area contributed by atoms with Crippen LogP contribution in [0.4, 0.5) is 0 Å². The molecule has 4 rings (SSSR count). The number of hydrogen-bond acceptors (Lipinski definition) is 4. The molecule has 6 nitrogen and oxygen atoms in total. The highest BCUT2D eigenvalue weighted by Crippen LogP contribution is 2.25. The third kappa shape index (κ3) is 3.77. The molecule has 3 aromatic heterocycles. The minimum absolute atomic E-state index is 0.00549. The van der Waals surface area contributed by atoms with Crippen molar-refractivity contribution in [3.63, 3.8) is 0 Å². The molecule has 4 aromatic rings. The van der Waals surface area contributed by atoms with Crippen molar-refractivity contribution in [2.24, 2.45) is 0 Å². The van der Waals surface area contributed by atoms with Gasteiger partial charge >= 0.3 is 0 Å². The average molecular weight is 423 g/mol. The van der Waals surface area contributed by atoms with Gasteiger partial charge in [-0.1, -0.05) is 37.3 Å². The van der Waals surface area contributed by atoms with Crippen LogP contribution < -0.4 is 10.9 Å². The molecule has 0 aliphatic rings. The van der Waals surface area contributed by atoms with E-state index in [1.54, 1.807) is 11.3 Å². The fourth-order valence-electron chi connectivity index (χ4n) is 3.91. The number of nitrogens with one attached hydrogen (secondary N) is 1. The van der Waals surface area contributed by atoms with E-state index in [0.717, 1.165) is 23.1 Å². The molecule has 0 aliphatic carbocycles. The van der Waals surface area contributed by atoms with Gasteiger partial charge < -0.3 is 5.32 Å². The van der Waals surface area contributed by atoms with Crippen LogP contribution in [0.15, 0.2) is 52.6 Å². The number of benzene rings is 1. The number of hydrogen-bond donors (Lipinski definition) is 1. The molecule has 1 aromatic carbocycles. The molecule has 0 bridgehead atoms. The number of thiophene rings is 1. The molecule has 30 heavy (non-hydrogen) atoms. The van der Waals surface area contributed by atoms with Gasteiger partial charge in [-0.05, 0) is 56.2 Å². The molecule has 1 N–H and O–H groups in total. The van der Waals surface area contributed by atoms with E-state index in [-0.39, 0.29) is 17.5 Å². The standard InChI is InChI=1S/C23H26N4O2S/c1-4-18(22(28)24-15(2)10-11-17-8-6-5-7-9-17)27-23(29)20-14-21-19(12-13-30-21)26(20)16(3)25-27/h5-9,12-15,18H,4,10-11H2,1-3H3,(H,24,28)/t15-,18-/m0/s1. The Morgan fingerprint density at radius 2 is 1.97 bits per heavy atom. The molecule has 3 heterocycles. The summed E-state index contributed by atoms with van der Waals surface area (Å²) in [5, 5.41) is 9.58. The lowest BCUT2D eigenvalue weighted by Crippen LogP contribution is -2.42. The third-order valence-corrected chi connectivity index (χ3v) is 6.36. The van der Waals surface area contributed by atoms with Gasteiger partial charge in [0.1, 0.15) is 17.4 Å². The summed E-state index contributed by atoms with van der Waals surface area (Å²) < 4.78 is 4.27. The van der Waals surface area contributed by atoms with Crippen molar-refractivity contribution >= 4 is 33.0 Å². The van der Waals surface area contributed by atoms with E-state index in [1.165, 1.54) is 10.2 Å². The first-order valence-corrected chi connectivity index (χ1v) is 11.2. The molecule has 0 fully saturated rings. The zero-order valence-electron chi connectivity index (χ0n) is 17.5. The summed E-state index contributed by atoms with van der Waals surface area (Å²) in [6.07, 6.45) is 2.22. The number of fused-ring (bicyclic) bond motifs is 3. The van der Waals surface area contributed by atoms with Crippen LogP contribution in [-0.2, 0) is 11.2 Å². The van der Waals surface area contributed by atoms with Crippen molar-refractivity contribution in [2.75, 3.05) is 0 Å². The van der Waals surface area contributed by atoms with Crippen molar-refractivity contribution in [1.82, 2.24) is 19.5 Å². The van der Waals surface area contributed by atoms with Gasteiger partial charge in [0.2, 0.25) is 5.91 Å². The molecule has 0 aliphatic heterocycles. The maximum absolute atomic E-state index is 13.2. The number of aromatic nitrogens is 3. The Kier molecular flexibility index (Phi) is 5.72. The molecule has 0 saturated carbocycles. The predicted molar refractivity (Wildman–Crippen MR) is 121 cm³/mol. The lowest BCUT2D eigenvalue weighted by Gasteiger charge is -2.21. The number of carbonyl (C=O) groups is 1. The van der Waals surface area contributed by atoms with Crippen LogP contribution in [0.3, 0.4) is 0 Å². The molecular weight excluding hydrogens is 396 g/mol. The summed E-state index contributed by atoms with van der Waals surface area (Å²) in [5.74, 6) is 0.533. The van der Waals surface area contributed by atoms with E-state index in [0.29, 0.717) is 17.8 Å². The van der Waals surface area contributed by atoms with Gasteiger partial charge in [-0.3, -0.25) is 14.0 Å². The maximum atomic E-state index is 13.2. The second-order valence-electron chi connectivity index (χ2n) is 7.69. The van der Waals surface area contributed by atoms with E-state index in [4.69, 9.17) is 0 Å². The fraction of sp³-hybridized carbons (Fsp3) is 0.348. The van der Waals surface area contributed by atoms with Crippen LogP contribution in [0.2, 0.25) is 0 Å². The Morgan fingerprint density at radius 3 is 2.70 bits per heavy atom. The fourth-order valence-corrected chi connectivity index (χ4v) is 4.72. The van der Waals surface area contributed by atoms with Crippen LogP contribution >= 0.6 is 11.3 Å². The Hall–Kier alpha value is -2.93. The first-order chi connectivity index (χ1) is 14.5. The van der Waals surface area contributed by atoms with Gasteiger partial charge in [-0.15, -0.1) is 11.3 Å². The Labute approximate surface area is 179 Å². The van der Waals surface area contributed by atoms with Crippen LogP contribution in [0.25, 0.3) is 15.7 Å². The average Bonchev–Trinajstić information content (AvgIpc) is 3.33. The van der Waals surface area contributed by atoms with Gasteiger partial charge in [0.15, 0.2) is 0 Å². The topological polar surface area (TPSA) is 68.4 Å². The van der Waals surface area contributed by atoms with Crippen molar-refractivity contribution < 1.29 is 4.79 Å². The van der Waals surface area contributed by atoms with Crippen molar-refractivity contribution in [3.8, 4) is 0 Å². The van der Waals surface area contributed by atoms with Gasteiger partial charge in [-0.2, -0.15) is 5.10 Å². The monoisotopic (exact) mass is 422 g/mol. The quantitative estimate of drug-likeness (QED) is 0.487. The van der Waals surface area contributed by atoms with Gasteiger partial charge in [0.05, 0.1) is 10.2 Å². The van der Waals surface area contributed by atoms with E-state index < -0.39 is 6.04 Å². The summed E-state index contributed by atoms with van der Waals surface area (Å²) >= 11 is 1.59. The molecular formula is C23H26N4O2S. The highest BCUT2D eigenvalue weighted by molar-refractivity contribution is 7.17. The largest absolute Gasteiger partial charge is 0.352 e. The number of amides is 1. The van der Waals surface area contributed by atoms with E-state index in [2.05, 4.69) is 22.5 Å². The summed E-state index contributed by atoms with van der Waals surface area (Å²) in [5.41, 5.74) is 2.56. The number of carbonyl (C=O) groups excluding carboxylic acids is 1. The number of aryl methyl sites for hydroxylation is 2. The first-order valence-electron chi connectivity index (χ1n) is 10.3. The third-order valence-electron chi connectivity index (χ3n) is 5.51. The maximum Gasteiger partial charge on any atom is 0.291 e. The van der Waals surface area contributed by atoms with E-state index >= 15 is 0 Å². The summed E-state index contributed by atoms with van der Waals surface area (Å²) in [4.78, 5) is 26.2. The van der Waals surface area contributed by atoms with Crippen molar-refractivity contribution in [2.45, 2.75) is 52.1 Å². The molecule has 0 unspecified atom stereocenters. The molecule has 7 heteroatoms. The van der Waals surface area contributed by atoms with Crippen LogP contribution in [-0.4, -0.2) is 26.1 Å². The van der Waals surface area contributed by atoms with Crippen LogP contribution in [0, 0.1) is 6.92 Å². The minimum atomic E-state index is -0.631. The predicted octanol–water partition coefficient (Wildman–Crippen LogP) is 4.11. The molecule has 2 atom stereocenters. The Morgan fingerprint density at radius 1 is 1.20 bits per heavy atom. The lowest BCUT2D eigenvalue weighted by atomic mass is 10.1. The molecule has 156 valence electrons. The lowest BCUT2D eigenvalue weighted by molar-refractivity contribution is -0.125. The summed E-state index contributed by atoms with van der Waals surface area (Å²) in [6, 6.07) is 13.5. The zero-order chi connectivity index (χ0) is 21.3. The highest BCUT2D eigenvalue weighted by atomic mass is 32.1. The second kappa shape index (κ2) is 8.44. The van der Waals surface area contributed by atoms with Gasteiger partial charge in [0.25, 0.3) is 5.56 Å². The SMILES string of the molecule is CC[C@@H](C(=O)N[C@@H](C)CCc1ccccc1)n1nc(C)n2c(cc3sccc32)c1=O. The second-order valence-corrected chi connectivity index (χ2v) is 8.64. The summed E-state index contributed by atoms with van der Waals surface area (Å²) in [6.45, 7) is 5.77. The van der Waals surface area contributed by atoms with Gasteiger partial charge in [-0.25, -0.2) is 4.68 Å². The van der Waals surface area contributed by atoms with Crippen LogP contribution in [0.5, 0.6) is 0 Å². The normalized spacial score (nSPS) is 13.6. The summed E-state index contributed by atoms with van der Waals surface area (Å²) in [7, 11) is 0. The number of rotatable bonds is 7. The number of nitrogens with zero attached hydrogens (tertiary/aromatic N) is 3. The molecule has 0 saturated heterocycles. The van der Waals surface area contributed by atoms with Crippen molar-refractivity contribution in [3.05, 3.63) is 69.6 Å². The van der Waals surface area contributed by atoms with Crippen LogP contribution in [0.1, 0.15) is 44.1 Å². The van der Waals surface area contributed by atoms with Crippen molar-refractivity contribution in [1.29, 1.82) is 0 Å². The molecule has 0 spiro atoms. The smallest absolute Gasteiger partial charge is 0.291 e. The Bertz CT molecular complexity index is 1240. The van der Waals surface area contributed by atoms with E-state index in [9.17, 15) is 9.59 Å². The highest BCUT2D eigenvalue weighted by Gasteiger charge is 2.24. The van der Waals surface area contributed by atoms with Gasteiger partial charge in [0, 0.05) is 6.04 Å². The first kappa shape index (κ1) is 20.3.